The third-order valence-corrected chi connectivity index (χ3v) is 2.87. The van der Waals surface area contributed by atoms with E-state index in [9.17, 15) is 4.79 Å². The van der Waals surface area contributed by atoms with E-state index in [0.29, 0.717) is 13.0 Å². The SMILES string of the molecule is O=C(Cc1ccc(O)cc1)OCCc1ccc(O)cc1. The summed E-state index contributed by atoms with van der Waals surface area (Å²) < 4.78 is 5.15. The van der Waals surface area contributed by atoms with Crippen LogP contribution in [0.2, 0.25) is 0 Å². The van der Waals surface area contributed by atoms with Crippen molar-refractivity contribution in [2.45, 2.75) is 12.8 Å². The molecule has 0 spiro atoms. The summed E-state index contributed by atoms with van der Waals surface area (Å²) in [5.74, 6) is 0.0991. The molecule has 0 atom stereocenters. The fraction of sp³-hybridized carbons (Fsp3) is 0.188. The van der Waals surface area contributed by atoms with Crippen molar-refractivity contribution < 1.29 is 19.7 Å². The summed E-state index contributed by atoms with van der Waals surface area (Å²) in [5.41, 5.74) is 1.80. The standard InChI is InChI=1S/C16H16O4/c17-14-5-1-12(2-6-14)9-10-20-16(19)11-13-3-7-15(18)8-4-13/h1-8,17-18H,9-11H2. The Balaban J connectivity index is 1.75. The Morgan fingerprint density at radius 2 is 1.35 bits per heavy atom. The second-order valence-corrected chi connectivity index (χ2v) is 4.48. The quantitative estimate of drug-likeness (QED) is 0.820. The van der Waals surface area contributed by atoms with Crippen LogP contribution in [0.5, 0.6) is 11.5 Å². The molecule has 4 heteroatoms. The lowest BCUT2D eigenvalue weighted by Crippen LogP contribution is -2.10. The van der Waals surface area contributed by atoms with Gasteiger partial charge in [0.15, 0.2) is 0 Å². The number of aromatic hydroxyl groups is 2. The third-order valence-electron chi connectivity index (χ3n) is 2.87. The van der Waals surface area contributed by atoms with E-state index in [0.717, 1.165) is 11.1 Å². The normalized spacial score (nSPS) is 10.2. The van der Waals surface area contributed by atoms with Crippen LogP contribution in [0.1, 0.15) is 11.1 Å². The van der Waals surface area contributed by atoms with Crippen molar-refractivity contribution in [3.63, 3.8) is 0 Å². The summed E-state index contributed by atoms with van der Waals surface area (Å²) in [6, 6.07) is 13.3. The van der Waals surface area contributed by atoms with E-state index in [4.69, 9.17) is 14.9 Å². The van der Waals surface area contributed by atoms with Gasteiger partial charge < -0.3 is 14.9 Å². The minimum atomic E-state index is -0.297. The van der Waals surface area contributed by atoms with Gasteiger partial charge in [0.1, 0.15) is 11.5 Å². The second-order valence-electron chi connectivity index (χ2n) is 4.48. The zero-order valence-electron chi connectivity index (χ0n) is 11.0. The van der Waals surface area contributed by atoms with Gasteiger partial charge in [-0.15, -0.1) is 0 Å². The van der Waals surface area contributed by atoms with Crippen molar-refractivity contribution in [3.8, 4) is 11.5 Å². The summed E-state index contributed by atoms with van der Waals surface area (Å²) in [4.78, 5) is 11.6. The molecule has 2 aromatic rings. The van der Waals surface area contributed by atoms with Crippen LogP contribution < -0.4 is 0 Å². The van der Waals surface area contributed by atoms with Crippen LogP contribution in [0.4, 0.5) is 0 Å². The Morgan fingerprint density at radius 3 is 1.90 bits per heavy atom. The first-order valence-electron chi connectivity index (χ1n) is 6.35. The van der Waals surface area contributed by atoms with E-state index in [-0.39, 0.29) is 23.9 Å². The lowest BCUT2D eigenvalue weighted by molar-refractivity contribution is -0.142. The van der Waals surface area contributed by atoms with E-state index in [1.54, 1.807) is 48.5 Å². The molecule has 0 radical (unpaired) electrons. The molecule has 2 aromatic carbocycles. The zero-order chi connectivity index (χ0) is 14.4. The Labute approximate surface area is 117 Å². The highest BCUT2D eigenvalue weighted by molar-refractivity contribution is 5.72. The molecule has 20 heavy (non-hydrogen) atoms. The van der Waals surface area contributed by atoms with Crippen molar-refractivity contribution in [2.75, 3.05) is 6.61 Å². The van der Waals surface area contributed by atoms with Crippen molar-refractivity contribution in [2.24, 2.45) is 0 Å². The number of phenols is 2. The van der Waals surface area contributed by atoms with Gasteiger partial charge in [-0.2, -0.15) is 0 Å². The first kappa shape index (κ1) is 13.9. The molecule has 0 aliphatic rings. The van der Waals surface area contributed by atoms with Crippen molar-refractivity contribution in [1.29, 1.82) is 0 Å². The van der Waals surface area contributed by atoms with Crippen LogP contribution in [0.3, 0.4) is 0 Å². The fourth-order valence-corrected chi connectivity index (χ4v) is 1.78. The number of carbonyl (C=O) groups excluding carboxylic acids is 1. The molecule has 2 rings (SSSR count). The summed E-state index contributed by atoms with van der Waals surface area (Å²) >= 11 is 0. The van der Waals surface area contributed by atoms with E-state index in [2.05, 4.69) is 0 Å². The van der Waals surface area contributed by atoms with Crippen molar-refractivity contribution >= 4 is 5.97 Å². The minimum Gasteiger partial charge on any atom is -0.508 e. The topological polar surface area (TPSA) is 66.8 Å². The maximum Gasteiger partial charge on any atom is 0.310 e. The van der Waals surface area contributed by atoms with Crippen LogP contribution in [0.25, 0.3) is 0 Å². The Bertz CT molecular complexity index is 558. The summed E-state index contributed by atoms with van der Waals surface area (Å²) in [6.45, 7) is 0.307. The molecule has 0 bridgehead atoms. The van der Waals surface area contributed by atoms with Crippen molar-refractivity contribution in [3.05, 3.63) is 59.7 Å². The van der Waals surface area contributed by atoms with Crippen LogP contribution in [-0.2, 0) is 22.4 Å². The molecule has 0 saturated heterocycles. The first-order chi connectivity index (χ1) is 9.63. The molecular weight excluding hydrogens is 256 g/mol. The number of hydrogen-bond donors (Lipinski definition) is 2. The monoisotopic (exact) mass is 272 g/mol. The molecule has 0 fully saturated rings. The molecule has 0 aromatic heterocycles. The van der Waals surface area contributed by atoms with Gasteiger partial charge in [-0.3, -0.25) is 4.79 Å². The number of hydrogen-bond acceptors (Lipinski definition) is 4. The molecular formula is C16H16O4. The minimum absolute atomic E-state index is 0.175. The number of carbonyl (C=O) groups is 1. The lowest BCUT2D eigenvalue weighted by Gasteiger charge is -2.05. The van der Waals surface area contributed by atoms with Gasteiger partial charge in [-0.05, 0) is 35.4 Å². The van der Waals surface area contributed by atoms with Crippen LogP contribution >= 0.6 is 0 Å². The van der Waals surface area contributed by atoms with Gasteiger partial charge in [-0.1, -0.05) is 24.3 Å². The van der Waals surface area contributed by atoms with Gasteiger partial charge in [0.2, 0.25) is 0 Å². The van der Waals surface area contributed by atoms with Gasteiger partial charge in [0.25, 0.3) is 0 Å². The fourth-order valence-electron chi connectivity index (χ4n) is 1.78. The number of benzene rings is 2. The second kappa shape index (κ2) is 6.61. The molecule has 0 amide bonds. The van der Waals surface area contributed by atoms with Crippen LogP contribution in [-0.4, -0.2) is 22.8 Å². The van der Waals surface area contributed by atoms with Gasteiger partial charge in [-0.25, -0.2) is 0 Å². The highest BCUT2D eigenvalue weighted by Crippen LogP contribution is 2.11. The smallest absolute Gasteiger partial charge is 0.310 e. The molecule has 4 nitrogen and oxygen atoms in total. The third kappa shape index (κ3) is 4.31. The van der Waals surface area contributed by atoms with Gasteiger partial charge >= 0.3 is 5.97 Å². The summed E-state index contributed by atoms with van der Waals surface area (Å²) in [7, 11) is 0. The largest absolute Gasteiger partial charge is 0.508 e. The average Bonchev–Trinajstić information content (AvgIpc) is 2.44. The van der Waals surface area contributed by atoms with Gasteiger partial charge in [0, 0.05) is 6.42 Å². The molecule has 0 saturated carbocycles. The highest BCUT2D eigenvalue weighted by Gasteiger charge is 2.05. The van der Waals surface area contributed by atoms with E-state index in [1.807, 2.05) is 0 Å². The highest BCUT2D eigenvalue weighted by atomic mass is 16.5. The Hall–Kier alpha value is -2.49. The molecule has 2 N–H and O–H groups in total. The number of rotatable bonds is 5. The predicted octanol–water partition coefficient (Wildman–Crippen LogP) is 2.43. The van der Waals surface area contributed by atoms with Crippen molar-refractivity contribution in [1.82, 2.24) is 0 Å². The summed E-state index contributed by atoms with van der Waals surface area (Å²) in [6.07, 6.45) is 0.803. The molecule has 104 valence electrons. The Kier molecular flexibility index (Phi) is 4.60. The maximum absolute atomic E-state index is 11.6. The average molecular weight is 272 g/mol. The summed E-state index contributed by atoms with van der Waals surface area (Å²) in [5, 5.41) is 18.3. The van der Waals surface area contributed by atoms with Crippen LogP contribution in [0, 0.1) is 0 Å². The Morgan fingerprint density at radius 1 is 0.850 bits per heavy atom. The molecule has 0 aliphatic carbocycles. The number of phenolic OH excluding ortho intramolecular Hbond substituents is 2. The van der Waals surface area contributed by atoms with E-state index < -0.39 is 0 Å². The number of esters is 1. The van der Waals surface area contributed by atoms with Gasteiger partial charge in [0.05, 0.1) is 13.0 Å². The zero-order valence-corrected chi connectivity index (χ0v) is 11.0. The number of ether oxygens (including phenoxy) is 1. The first-order valence-corrected chi connectivity index (χ1v) is 6.35. The molecule has 0 heterocycles. The van der Waals surface area contributed by atoms with E-state index in [1.165, 1.54) is 0 Å². The van der Waals surface area contributed by atoms with E-state index >= 15 is 0 Å². The predicted molar refractivity (Wildman–Crippen MR) is 74.6 cm³/mol. The lowest BCUT2D eigenvalue weighted by atomic mass is 10.1. The maximum atomic E-state index is 11.6. The molecule has 0 unspecified atom stereocenters. The van der Waals surface area contributed by atoms with Crippen LogP contribution in [0.15, 0.2) is 48.5 Å². The molecule has 0 aliphatic heterocycles.